The number of hydrazine groups is 1. The van der Waals surface area contributed by atoms with Gasteiger partial charge in [-0.1, -0.05) is 18.2 Å². The molecule has 132 valence electrons. The quantitative estimate of drug-likeness (QED) is 0.739. The van der Waals surface area contributed by atoms with Crippen LogP contribution in [0.1, 0.15) is 6.42 Å². The van der Waals surface area contributed by atoms with Gasteiger partial charge in [0.2, 0.25) is 11.8 Å². The Morgan fingerprint density at radius 1 is 1.24 bits per heavy atom. The van der Waals surface area contributed by atoms with Crippen LogP contribution in [0.15, 0.2) is 36.5 Å². The van der Waals surface area contributed by atoms with E-state index in [2.05, 4.69) is 16.2 Å². The van der Waals surface area contributed by atoms with E-state index in [9.17, 15) is 9.59 Å². The molecule has 2 amide bonds. The Morgan fingerprint density at radius 3 is 2.92 bits per heavy atom. The maximum absolute atomic E-state index is 12.8. The van der Waals surface area contributed by atoms with Crippen molar-refractivity contribution < 1.29 is 9.59 Å². The molecule has 1 aromatic heterocycles. The largest absolute Gasteiger partial charge is 0.358 e. The molecular weight excluding hydrogens is 318 g/mol. The highest BCUT2D eigenvalue weighted by Crippen LogP contribution is 2.25. The average molecular weight is 341 g/mol. The summed E-state index contributed by atoms with van der Waals surface area (Å²) in [6.45, 7) is 1.64. The molecule has 1 aromatic carbocycles. The predicted octanol–water partition coefficient (Wildman–Crippen LogP) is 0.0808. The summed E-state index contributed by atoms with van der Waals surface area (Å²) in [6.07, 6.45) is 2.81. The molecule has 2 aromatic rings. The Kier molecular flexibility index (Phi) is 4.19. The van der Waals surface area contributed by atoms with Crippen LogP contribution in [0, 0.1) is 5.92 Å². The molecule has 0 radical (unpaired) electrons. The fraction of sp³-hybridized carbons (Fsp3) is 0.444. The van der Waals surface area contributed by atoms with Crippen molar-refractivity contribution >= 4 is 22.7 Å². The Hall–Kier alpha value is -2.38. The zero-order valence-electron chi connectivity index (χ0n) is 14.2. The summed E-state index contributed by atoms with van der Waals surface area (Å²) in [4.78, 5) is 26.7. The number of amides is 2. The first kappa shape index (κ1) is 16.1. The van der Waals surface area contributed by atoms with Gasteiger partial charge in [-0.3, -0.25) is 15.0 Å². The lowest BCUT2D eigenvalue weighted by Gasteiger charge is -2.35. The van der Waals surface area contributed by atoms with Crippen molar-refractivity contribution in [3.8, 4) is 0 Å². The summed E-state index contributed by atoms with van der Waals surface area (Å²) >= 11 is 0. The number of rotatable bonds is 3. The van der Waals surface area contributed by atoms with Gasteiger partial charge in [0.15, 0.2) is 0 Å². The van der Waals surface area contributed by atoms with E-state index in [1.807, 2.05) is 46.0 Å². The minimum atomic E-state index is -0.294. The van der Waals surface area contributed by atoms with Crippen molar-refractivity contribution in [1.82, 2.24) is 25.6 Å². The molecule has 2 aliphatic heterocycles. The number of benzene rings is 1. The number of nitrogens with one attached hydrogen (secondary N) is 3. The summed E-state index contributed by atoms with van der Waals surface area (Å²) in [5, 5.41) is 3.83. The molecule has 2 aliphatic rings. The molecule has 7 nitrogen and oxygen atoms in total. The average Bonchev–Trinajstić information content (AvgIpc) is 3.25. The number of likely N-dealkylation sites (N-methyl/N-ethyl adjacent to an activating group) is 1. The number of carbonyl (C=O) groups excluding carboxylic acids is 2. The zero-order chi connectivity index (χ0) is 17.4. The van der Waals surface area contributed by atoms with Crippen LogP contribution in [0.5, 0.6) is 0 Å². The number of hydrogen-bond donors (Lipinski definition) is 3. The van der Waals surface area contributed by atoms with Gasteiger partial charge in [0.05, 0.1) is 0 Å². The second-order valence-electron chi connectivity index (χ2n) is 6.78. The van der Waals surface area contributed by atoms with Crippen molar-refractivity contribution in [3.05, 3.63) is 36.5 Å². The molecule has 2 fully saturated rings. The first-order valence-corrected chi connectivity index (χ1v) is 8.71. The molecule has 0 saturated carbocycles. The van der Waals surface area contributed by atoms with E-state index in [4.69, 9.17) is 0 Å². The molecule has 2 saturated heterocycles. The molecule has 4 rings (SSSR count). The number of likely N-dealkylation sites (tertiary alicyclic amines) is 1. The second-order valence-corrected chi connectivity index (χ2v) is 6.78. The highest BCUT2D eigenvalue weighted by Gasteiger charge is 2.43. The van der Waals surface area contributed by atoms with E-state index < -0.39 is 0 Å². The normalized spacial score (nSPS) is 25.8. The van der Waals surface area contributed by atoms with Crippen molar-refractivity contribution in [1.29, 1.82) is 0 Å². The molecule has 3 atom stereocenters. The fourth-order valence-corrected chi connectivity index (χ4v) is 3.97. The standard InChI is InChI=1S/C18H23N5O2/c1-19-18(25)17-13-10-23(9-7-14(13)20-21-17)16(24)11-22-8-6-12-4-2-3-5-15(12)22/h2-6,8,13-14,17,20-21H,7,9-11H2,1H3,(H,19,25). The van der Waals surface area contributed by atoms with E-state index in [-0.39, 0.29) is 29.8 Å². The molecular formula is C18H23N5O2. The molecule has 3 unspecified atom stereocenters. The van der Waals surface area contributed by atoms with Gasteiger partial charge in [-0.15, -0.1) is 0 Å². The minimum absolute atomic E-state index is 0.0364. The maximum Gasteiger partial charge on any atom is 0.242 e. The number of para-hydroxylation sites is 1. The van der Waals surface area contributed by atoms with Crippen LogP contribution in [0.4, 0.5) is 0 Å². The molecule has 0 spiro atoms. The van der Waals surface area contributed by atoms with E-state index >= 15 is 0 Å². The van der Waals surface area contributed by atoms with Gasteiger partial charge in [0.1, 0.15) is 12.6 Å². The number of fused-ring (bicyclic) bond motifs is 2. The topological polar surface area (TPSA) is 78.4 Å². The van der Waals surface area contributed by atoms with Crippen LogP contribution in [0.3, 0.4) is 0 Å². The van der Waals surface area contributed by atoms with E-state index in [0.717, 1.165) is 17.3 Å². The zero-order valence-corrected chi connectivity index (χ0v) is 14.2. The third-order valence-electron chi connectivity index (χ3n) is 5.38. The number of nitrogens with zero attached hydrogens (tertiary/aromatic N) is 2. The van der Waals surface area contributed by atoms with Crippen LogP contribution in [-0.2, 0) is 16.1 Å². The molecule has 7 heteroatoms. The van der Waals surface area contributed by atoms with Gasteiger partial charge in [0.25, 0.3) is 0 Å². The van der Waals surface area contributed by atoms with Crippen LogP contribution < -0.4 is 16.2 Å². The highest BCUT2D eigenvalue weighted by molar-refractivity contribution is 5.84. The van der Waals surface area contributed by atoms with Crippen LogP contribution in [-0.4, -0.2) is 53.5 Å². The number of aromatic nitrogens is 1. The smallest absolute Gasteiger partial charge is 0.242 e. The van der Waals surface area contributed by atoms with Gasteiger partial charge in [0, 0.05) is 43.8 Å². The van der Waals surface area contributed by atoms with Crippen molar-refractivity contribution in [2.24, 2.45) is 5.92 Å². The molecule has 25 heavy (non-hydrogen) atoms. The van der Waals surface area contributed by atoms with Gasteiger partial charge < -0.3 is 14.8 Å². The monoisotopic (exact) mass is 341 g/mol. The molecule has 0 aliphatic carbocycles. The van der Waals surface area contributed by atoms with Gasteiger partial charge in [-0.2, -0.15) is 0 Å². The number of hydrogen-bond acceptors (Lipinski definition) is 4. The fourth-order valence-electron chi connectivity index (χ4n) is 3.97. The minimum Gasteiger partial charge on any atom is -0.358 e. The highest BCUT2D eigenvalue weighted by atomic mass is 16.2. The third-order valence-corrected chi connectivity index (χ3v) is 5.38. The van der Waals surface area contributed by atoms with E-state index in [1.54, 1.807) is 7.05 Å². The van der Waals surface area contributed by atoms with Gasteiger partial charge in [-0.05, 0) is 23.9 Å². The lowest BCUT2D eigenvalue weighted by atomic mass is 9.88. The first-order chi connectivity index (χ1) is 12.2. The van der Waals surface area contributed by atoms with Crippen LogP contribution in [0.2, 0.25) is 0 Å². The van der Waals surface area contributed by atoms with Crippen molar-refractivity contribution in [2.45, 2.75) is 25.0 Å². The van der Waals surface area contributed by atoms with E-state index in [1.165, 1.54) is 0 Å². The lowest BCUT2D eigenvalue weighted by molar-refractivity contribution is -0.134. The Balaban J connectivity index is 1.47. The van der Waals surface area contributed by atoms with Gasteiger partial charge in [-0.25, -0.2) is 5.43 Å². The second kappa shape index (κ2) is 6.50. The molecule has 3 N–H and O–H groups in total. The number of carbonyl (C=O) groups is 2. The van der Waals surface area contributed by atoms with E-state index in [0.29, 0.717) is 19.6 Å². The Bertz CT molecular complexity index is 802. The maximum atomic E-state index is 12.8. The van der Waals surface area contributed by atoms with Crippen molar-refractivity contribution in [3.63, 3.8) is 0 Å². The summed E-state index contributed by atoms with van der Waals surface area (Å²) in [6, 6.07) is 10.0. The summed E-state index contributed by atoms with van der Waals surface area (Å²) in [5.41, 5.74) is 7.34. The van der Waals surface area contributed by atoms with Gasteiger partial charge >= 0.3 is 0 Å². The first-order valence-electron chi connectivity index (χ1n) is 8.71. The Labute approximate surface area is 146 Å². The predicted molar refractivity (Wildman–Crippen MR) is 94.5 cm³/mol. The lowest BCUT2D eigenvalue weighted by Crippen LogP contribution is -2.51. The SMILES string of the molecule is CNC(=O)C1NNC2CCN(C(=O)Cn3ccc4ccccc43)CC21. The number of piperidine rings is 1. The summed E-state index contributed by atoms with van der Waals surface area (Å²) in [5.74, 6) is 0.159. The van der Waals surface area contributed by atoms with Crippen LogP contribution >= 0.6 is 0 Å². The molecule has 3 heterocycles. The summed E-state index contributed by atoms with van der Waals surface area (Å²) < 4.78 is 1.99. The summed E-state index contributed by atoms with van der Waals surface area (Å²) in [7, 11) is 1.64. The third kappa shape index (κ3) is 2.89. The van der Waals surface area contributed by atoms with Crippen LogP contribution in [0.25, 0.3) is 10.9 Å². The molecule has 0 bridgehead atoms. The Morgan fingerprint density at radius 2 is 2.08 bits per heavy atom. The van der Waals surface area contributed by atoms with Crippen molar-refractivity contribution in [2.75, 3.05) is 20.1 Å².